The van der Waals surface area contributed by atoms with Crippen molar-refractivity contribution >= 4 is 21.6 Å². The molecule has 0 fully saturated rings. The van der Waals surface area contributed by atoms with E-state index < -0.39 is 0 Å². The molecule has 0 spiro atoms. The molecule has 7 heteroatoms. The van der Waals surface area contributed by atoms with Crippen molar-refractivity contribution in [3.05, 3.63) is 58.0 Å². The van der Waals surface area contributed by atoms with E-state index in [4.69, 9.17) is 15.8 Å². The number of aromatic nitrogens is 2. The number of benzene rings is 1. The number of halogens is 1. The lowest BCUT2D eigenvalue weighted by Crippen LogP contribution is -2.03. The number of nitriles is 3. The summed E-state index contributed by atoms with van der Waals surface area (Å²) in [6.07, 6.45) is 3.55. The Bertz CT molecular complexity index is 828. The Morgan fingerprint density at radius 2 is 2.00 bits per heavy atom. The fourth-order valence-electron chi connectivity index (χ4n) is 1.79. The predicted octanol–water partition coefficient (Wildman–Crippen LogP) is 2.93. The van der Waals surface area contributed by atoms with E-state index in [0.29, 0.717) is 12.2 Å². The number of hydrogen-bond donors (Lipinski definition) is 1. The molecule has 0 unspecified atom stereocenters. The number of nitrogens with one attached hydrogen (secondary N) is 1. The fraction of sp³-hybridized carbons (Fsp3) is 0.0667. The first-order valence-corrected chi connectivity index (χ1v) is 6.94. The van der Waals surface area contributed by atoms with Gasteiger partial charge in [-0.1, -0.05) is 12.1 Å². The highest BCUT2D eigenvalue weighted by atomic mass is 79.9. The van der Waals surface area contributed by atoms with Crippen LogP contribution in [0.4, 0.5) is 5.69 Å². The van der Waals surface area contributed by atoms with Gasteiger partial charge in [-0.25, -0.2) is 0 Å². The van der Waals surface area contributed by atoms with Crippen molar-refractivity contribution in [1.82, 2.24) is 9.78 Å². The van der Waals surface area contributed by atoms with Gasteiger partial charge in [-0.15, -0.1) is 0 Å². The second kappa shape index (κ2) is 7.08. The molecule has 2 aromatic rings. The van der Waals surface area contributed by atoms with Crippen LogP contribution in [0.2, 0.25) is 0 Å². The summed E-state index contributed by atoms with van der Waals surface area (Å²) in [6, 6.07) is 12.5. The van der Waals surface area contributed by atoms with E-state index in [1.165, 1.54) is 0 Å². The van der Waals surface area contributed by atoms with Gasteiger partial charge in [0, 0.05) is 11.9 Å². The van der Waals surface area contributed by atoms with Gasteiger partial charge in [0.2, 0.25) is 0 Å². The summed E-state index contributed by atoms with van der Waals surface area (Å²) in [5, 5.41) is 33.6. The third-order valence-corrected chi connectivity index (χ3v) is 3.14. The maximum atomic E-state index is 9.04. The van der Waals surface area contributed by atoms with E-state index in [0.717, 1.165) is 10.0 Å². The Hall–Kier alpha value is -3.08. The number of hydrogen-bond acceptors (Lipinski definition) is 5. The lowest BCUT2D eigenvalue weighted by molar-refractivity contribution is 0.687. The molecule has 1 aromatic carbocycles. The largest absolute Gasteiger partial charge is 0.345 e. The van der Waals surface area contributed by atoms with Crippen molar-refractivity contribution in [1.29, 1.82) is 15.8 Å². The van der Waals surface area contributed by atoms with Gasteiger partial charge in [-0.2, -0.15) is 20.9 Å². The van der Waals surface area contributed by atoms with Crippen molar-refractivity contribution in [2.24, 2.45) is 0 Å². The molecular weight excluding hydrogens is 344 g/mol. The molecule has 2 rings (SSSR count). The van der Waals surface area contributed by atoms with E-state index >= 15 is 0 Å². The molecule has 6 nitrogen and oxygen atoms in total. The molecule has 0 aliphatic carbocycles. The highest BCUT2D eigenvalue weighted by molar-refractivity contribution is 9.10. The average molecular weight is 353 g/mol. The SMILES string of the molecule is N#CC(C#N)=C(C#N)Nc1cccc(Cn2cc(Br)cn2)c1. The van der Waals surface area contributed by atoms with Gasteiger partial charge < -0.3 is 5.32 Å². The second-order valence-electron chi connectivity index (χ2n) is 4.27. The summed E-state index contributed by atoms with van der Waals surface area (Å²) < 4.78 is 2.66. The Labute approximate surface area is 135 Å². The molecule has 106 valence electrons. The zero-order valence-corrected chi connectivity index (χ0v) is 12.9. The van der Waals surface area contributed by atoms with E-state index in [2.05, 4.69) is 26.3 Å². The molecule has 22 heavy (non-hydrogen) atoms. The quantitative estimate of drug-likeness (QED) is 0.852. The molecule has 1 heterocycles. The Morgan fingerprint density at radius 1 is 1.23 bits per heavy atom. The molecule has 0 radical (unpaired) electrons. The van der Waals surface area contributed by atoms with E-state index in [1.807, 2.05) is 30.5 Å². The van der Waals surface area contributed by atoms with Crippen LogP contribution in [0.15, 0.2) is 52.4 Å². The molecule has 1 aromatic heterocycles. The van der Waals surface area contributed by atoms with Crippen LogP contribution in [0.25, 0.3) is 0 Å². The minimum absolute atomic E-state index is 0.0658. The topological polar surface area (TPSA) is 101 Å². The van der Waals surface area contributed by atoms with Crippen LogP contribution in [0.3, 0.4) is 0 Å². The van der Waals surface area contributed by atoms with E-state index in [-0.39, 0.29) is 11.3 Å². The smallest absolute Gasteiger partial charge is 0.163 e. The first kappa shape index (κ1) is 15.3. The van der Waals surface area contributed by atoms with Crippen molar-refractivity contribution in [2.75, 3.05) is 5.32 Å². The molecule has 0 atom stereocenters. The van der Waals surface area contributed by atoms with Crippen LogP contribution in [0.1, 0.15) is 5.56 Å². The first-order valence-electron chi connectivity index (χ1n) is 6.14. The third-order valence-electron chi connectivity index (χ3n) is 2.73. The molecule has 0 saturated carbocycles. The summed E-state index contributed by atoms with van der Waals surface area (Å²) in [6.45, 7) is 0.566. The lowest BCUT2D eigenvalue weighted by Gasteiger charge is -2.07. The van der Waals surface area contributed by atoms with E-state index in [9.17, 15) is 0 Å². The monoisotopic (exact) mass is 352 g/mol. The molecule has 0 aliphatic heterocycles. The highest BCUT2D eigenvalue weighted by Crippen LogP contribution is 2.16. The van der Waals surface area contributed by atoms with Crippen LogP contribution >= 0.6 is 15.9 Å². The summed E-state index contributed by atoms with van der Waals surface area (Å²) in [5.41, 5.74) is 1.28. The van der Waals surface area contributed by atoms with Crippen LogP contribution in [-0.2, 0) is 6.54 Å². The number of rotatable bonds is 4. The van der Waals surface area contributed by atoms with Crippen LogP contribution in [-0.4, -0.2) is 9.78 Å². The number of anilines is 1. The van der Waals surface area contributed by atoms with Crippen molar-refractivity contribution in [3.8, 4) is 18.2 Å². The van der Waals surface area contributed by atoms with Gasteiger partial charge in [0.1, 0.15) is 23.9 Å². The van der Waals surface area contributed by atoms with E-state index in [1.54, 1.807) is 29.1 Å². The predicted molar refractivity (Wildman–Crippen MR) is 83.0 cm³/mol. The molecule has 0 aliphatic rings. The summed E-state index contributed by atoms with van der Waals surface area (Å²) in [7, 11) is 0. The van der Waals surface area contributed by atoms with Crippen molar-refractivity contribution in [3.63, 3.8) is 0 Å². The van der Waals surface area contributed by atoms with Crippen LogP contribution in [0.5, 0.6) is 0 Å². The van der Waals surface area contributed by atoms with Crippen LogP contribution in [0, 0.1) is 34.0 Å². The first-order chi connectivity index (χ1) is 10.7. The van der Waals surface area contributed by atoms with Crippen molar-refractivity contribution < 1.29 is 0 Å². The molecule has 0 saturated heterocycles. The standard InChI is InChI=1S/C15H9BrN6/c16-13-8-20-22(10-13)9-11-2-1-3-14(4-11)21-15(7-19)12(5-17)6-18/h1-4,8,10,21H,9H2. The zero-order chi connectivity index (χ0) is 15.9. The van der Waals surface area contributed by atoms with Gasteiger partial charge in [-0.3, -0.25) is 4.68 Å². The van der Waals surface area contributed by atoms with Gasteiger partial charge in [0.15, 0.2) is 5.57 Å². The van der Waals surface area contributed by atoms with Crippen molar-refractivity contribution in [2.45, 2.75) is 6.54 Å². The Balaban J connectivity index is 2.22. The van der Waals surface area contributed by atoms with Gasteiger partial charge in [-0.05, 0) is 33.6 Å². The average Bonchev–Trinajstić information content (AvgIpc) is 2.92. The maximum absolute atomic E-state index is 9.04. The molecule has 0 bridgehead atoms. The summed E-state index contributed by atoms with van der Waals surface area (Å²) in [5.74, 6) is 0. The highest BCUT2D eigenvalue weighted by Gasteiger charge is 2.06. The van der Waals surface area contributed by atoms with Gasteiger partial charge >= 0.3 is 0 Å². The minimum atomic E-state index is -0.246. The number of nitrogens with zero attached hydrogens (tertiary/aromatic N) is 5. The fourth-order valence-corrected chi connectivity index (χ4v) is 2.11. The molecule has 1 N–H and O–H groups in total. The number of allylic oxidation sites excluding steroid dienone is 2. The Kier molecular flexibility index (Phi) is 4.93. The second-order valence-corrected chi connectivity index (χ2v) is 5.18. The minimum Gasteiger partial charge on any atom is -0.345 e. The molecule has 0 amide bonds. The summed E-state index contributed by atoms with van der Waals surface area (Å²) in [4.78, 5) is 0. The van der Waals surface area contributed by atoms with Gasteiger partial charge in [0.05, 0.1) is 17.2 Å². The lowest BCUT2D eigenvalue weighted by atomic mass is 10.2. The van der Waals surface area contributed by atoms with Gasteiger partial charge in [0.25, 0.3) is 0 Å². The van der Waals surface area contributed by atoms with Crippen LogP contribution < -0.4 is 5.32 Å². The summed E-state index contributed by atoms with van der Waals surface area (Å²) >= 11 is 3.33. The Morgan fingerprint density at radius 3 is 2.59 bits per heavy atom. The molecular formula is C15H9BrN6. The maximum Gasteiger partial charge on any atom is 0.163 e. The zero-order valence-electron chi connectivity index (χ0n) is 11.3. The normalized spacial score (nSPS) is 9.18. The third kappa shape index (κ3) is 3.73.